The maximum atomic E-state index is 9.63. The smallest absolute Gasteiger partial charge is 0.138 e. The highest BCUT2D eigenvalue weighted by molar-refractivity contribution is 6.32. The van der Waals surface area contributed by atoms with Crippen LogP contribution in [0.25, 0.3) is 0 Å². The summed E-state index contributed by atoms with van der Waals surface area (Å²) in [5.74, 6) is 0.132. The SMILES string of the molecule is CCC(O)CCNCc1cccc(Cl)c1O. The Labute approximate surface area is 101 Å². The van der Waals surface area contributed by atoms with Crippen LogP contribution in [-0.2, 0) is 6.54 Å². The number of hydrogen-bond donors (Lipinski definition) is 3. The number of phenolic OH excluding ortho intramolecular Hbond substituents is 1. The van der Waals surface area contributed by atoms with Crippen LogP contribution in [0.5, 0.6) is 5.75 Å². The van der Waals surface area contributed by atoms with Crippen LogP contribution < -0.4 is 5.32 Å². The molecule has 3 N–H and O–H groups in total. The molecule has 0 aliphatic carbocycles. The number of phenols is 1. The number of rotatable bonds is 6. The molecule has 1 aromatic carbocycles. The zero-order valence-electron chi connectivity index (χ0n) is 9.41. The van der Waals surface area contributed by atoms with Gasteiger partial charge in [-0.15, -0.1) is 0 Å². The molecule has 1 rings (SSSR count). The van der Waals surface area contributed by atoms with Crippen LogP contribution in [0, 0.1) is 0 Å². The molecule has 0 aliphatic rings. The molecule has 1 aromatic rings. The van der Waals surface area contributed by atoms with Crippen LogP contribution in [-0.4, -0.2) is 22.9 Å². The van der Waals surface area contributed by atoms with Crippen molar-refractivity contribution in [3.63, 3.8) is 0 Å². The van der Waals surface area contributed by atoms with Crippen molar-refractivity contribution in [1.82, 2.24) is 5.32 Å². The summed E-state index contributed by atoms with van der Waals surface area (Å²) in [6.07, 6.45) is 1.24. The standard InChI is InChI=1S/C12H18ClNO2/c1-2-10(15)6-7-14-8-9-4-3-5-11(13)12(9)16/h3-5,10,14-16H,2,6-8H2,1H3. The molecule has 0 saturated carbocycles. The molecular formula is C12H18ClNO2. The van der Waals surface area contributed by atoms with Gasteiger partial charge in [-0.05, 0) is 25.5 Å². The van der Waals surface area contributed by atoms with E-state index < -0.39 is 0 Å². The fraction of sp³-hybridized carbons (Fsp3) is 0.500. The first-order valence-electron chi connectivity index (χ1n) is 5.50. The molecule has 0 aliphatic heterocycles. The van der Waals surface area contributed by atoms with Gasteiger partial charge in [-0.2, -0.15) is 0 Å². The van der Waals surface area contributed by atoms with Gasteiger partial charge in [-0.25, -0.2) is 0 Å². The van der Waals surface area contributed by atoms with Gasteiger partial charge >= 0.3 is 0 Å². The number of aliphatic hydroxyl groups is 1. The van der Waals surface area contributed by atoms with Gasteiger partial charge in [0.2, 0.25) is 0 Å². The first kappa shape index (κ1) is 13.3. The van der Waals surface area contributed by atoms with E-state index in [-0.39, 0.29) is 11.9 Å². The zero-order valence-corrected chi connectivity index (χ0v) is 10.2. The number of aliphatic hydroxyl groups excluding tert-OH is 1. The maximum Gasteiger partial charge on any atom is 0.138 e. The Balaban J connectivity index is 2.35. The van der Waals surface area contributed by atoms with Crippen LogP contribution in [0.2, 0.25) is 5.02 Å². The van der Waals surface area contributed by atoms with Crippen molar-refractivity contribution in [3.8, 4) is 5.75 Å². The van der Waals surface area contributed by atoms with Crippen molar-refractivity contribution in [1.29, 1.82) is 0 Å². The average Bonchev–Trinajstić information content (AvgIpc) is 2.29. The normalized spacial score (nSPS) is 12.7. The van der Waals surface area contributed by atoms with Crippen LogP contribution in [0.4, 0.5) is 0 Å². The highest BCUT2D eigenvalue weighted by Crippen LogP contribution is 2.26. The summed E-state index contributed by atoms with van der Waals surface area (Å²) in [6.45, 7) is 3.23. The largest absolute Gasteiger partial charge is 0.506 e. The molecule has 0 fully saturated rings. The van der Waals surface area contributed by atoms with E-state index in [9.17, 15) is 10.2 Å². The fourth-order valence-corrected chi connectivity index (χ4v) is 1.59. The number of hydrogen-bond acceptors (Lipinski definition) is 3. The Morgan fingerprint density at radius 3 is 2.88 bits per heavy atom. The van der Waals surface area contributed by atoms with Crippen LogP contribution >= 0.6 is 11.6 Å². The number of benzene rings is 1. The lowest BCUT2D eigenvalue weighted by atomic mass is 10.2. The number of nitrogens with one attached hydrogen (secondary N) is 1. The van der Waals surface area contributed by atoms with Gasteiger partial charge in [0, 0.05) is 12.1 Å². The Kier molecular flexibility index (Phi) is 5.60. The average molecular weight is 244 g/mol. The Morgan fingerprint density at radius 2 is 2.19 bits per heavy atom. The Bertz CT molecular complexity index is 331. The lowest BCUT2D eigenvalue weighted by Crippen LogP contribution is -2.19. The Morgan fingerprint density at radius 1 is 1.44 bits per heavy atom. The summed E-state index contributed by atoms with van der Waals surface area (Å²) < 4.78 is 0. The number of para-hydroxylation sites is 1. The molecule has 0 aromatic heterocycles. The highest BCUT2D eigenvalue weighted by Gasteiger charge is 2.05. The van der Waals surface area contributed by atoms with E-state index in [4.69, 9.17) is 11.6 Å². The molecule has 0 heterocycles. The molecular weight excluding hydrogens is 226 g/mol. The predicted octanol–water partition coefficient (Wildman–Crippen LogP) is 2.30. The van der Waals surface area contributed by atoms with Crippen molar-refractivity contribution in [2.24, 2.45) is 0 Å². The third-order valence-electron chi connectivity index (χ3n) is 2.51. The van der Waals surface area contributed by atoms with Crippen molar-refractivity contribution < 1.29 is 10.2 Å². The fourth-order valence-electron chi connectivity index (χ4n) is 1.40. The summed E-state index contributed by atoms with van der Waals surface area (Å²) in [5.41, 5.74) is 0.776. The van der Waals surface area contributed by atoms with Gasteiger partial charge in [0.25, 0.3) is 0 Å². The van der Waals surface area contributed by atoms with Gasteiger partial charge < -0.3 is 15.5 Å². The van der Waals surface area contributed by atoms with E-state index in [2.05, 4.69) is 5.32 Å². The number of halogens is 1. The number of aromatic hydroxyl groups is 1. The van der Waals surface area contributed by atoms with Crippen LogP contribution in [0.1, 0.15) is 25.3 Å². The van der Waals surface area contributed by atoms with E-state index in [1.807, 2.05) is 13.0 Å². The summed E-state index contributed by atoms with van der Waals surface area (Å²) >= 11 is 5.78. The second-order valence-electron chi connectivity index (χ2n) is 3.78. The minimum absolute atomic E-state index is 0.132. The van der Waals surface area contributed by atoms with Gasteiger partial charge in [-0.3, -0.25) is 0 Å². The molecule has 1 unspecified atom stereocenters. The maximum absolute atomic E-state index is 9.63. The first-order chi connectivity index (χ1) is 7.65. The molecule has 0 amide bonds. The quantitative estimate of drug-likeness (QED) is 0.672. The predicted molar refractivity (Wildman–Crippen MR) is 65.7 cm³/mol. The molecule has 16 heavy (non-hydrogen) atoms. The molecule has 0 spiro atoms. The molecule has 90 valence electrons. The second-order valence-corrected chi connectivity index (χ2v) is 4.18. The van der Waals surface area contributed by atoms with Gasteiger partial charge in [0.1, 0.15) is 5.75 Å². The topological polar surface area (TPSA) is 52.5 Å². The van der Waals surface area contributed by atoms with Crippen LogP contribution in [0.15, 0.2) is 18.2 Å². The summed E-state index contributed by atoms with van der Waals surface area (Å²) in [7, 11) is 0. The lowest BCUT2D eigenvalue weighted by Gasteiger charge is -2.10. The third kappa shape index (κ3) is 4.00. The van der Waals surface area contributed by atoms with Gasteiger partial charge in [0.05, 0.1) is 11.1 Å². The molecule has 1 atom stereocenters. The molecule has 0 saturated heterocycles. The monoisotopic (exact) mass is 243 g/mol. The van der Waals surface area contributed by atoms with Crippen molar-refractivity contribution in [2.75, 3.05) is 6.54 Å². The van der Waals surface area contributed by atoms with Gasteiger partial charge in [-0.1, -0.05) is 30.7 Å². The zero-order chi connectivity index (χ0) is 12.0. The minimum atomic E-state index is -0.250. The van der Waals surface area contributed by atoms with Crippen molar-refractivity contribution in [3.05, 3.63) is 28.8 Å². The van der Waals surface area contributed by atoms with E-state index in [1.54, 1.807) is 12.1 Å². The second kappa shape index (κ2) is 6.74. The first-order valence-corrected chi connectivity index (χ1v) is 5.88. The summed E-state index contributed by atoms with van der Waals surface area (Å²) in [4.78, 5) is 0. The van der Waals surface area contributed by atoms with E-state index >= 15 is 0 Å². The van der Waals surface area contributed by atoms with E-state index in [0.717, 1.165) is 24.9 Å². The molecule has 4 heteroatoms. The molecule has 3 nitrogen and oxygen atoms in total. The summed E-state index contributed by atoms with van der Waals surface area (Å²) in [5, 5.41) is 22.5. The van der Waals surface area contributed by atoms with Gasteiger partial charge in [0.15, 0.2) is 0 Å². The Hall–Kier alpha value is -0.770. The van der Waals surface area contributed by atoms with Crippen molar-refractivity contribution >= 4 is 11.6 Å². The van der Waals surface area contributed by atoms with Crippen LogP contribution in [0.3, 0.4) is 0 Å². The molecule has 0 bridgehead atoms. The minimum Gasteiger partial charge on any atom is -0.506 e. The highest BCUT2D eigenvalue weighted by atomic mass is 35.5. The van der Waals surface area contributed by atoms with Crippen molar-refractivity contribution in [2.45, 2.75) is 32.4 Å². The van der Waals surface area contributed by atoms with E-state index in [0.29, 0.717) is 11.6 Å². The third-order valence-corrected chi connectivity index (χ3v) is 2.82. The summed E-state index contributed by atoms with van der Waals surface area (Å²) in [6, 6.07) is 5.28. The van der Waals surface area contributed by atoms with E-state index in [1.165, 1.54) is 0 Å². The molecule has 0 radical (unpaired) electrons. The lowest BCUT2D eigenvalue weighted by molar-refractivity contribution is 0.159.